The Hall–Kier alpha value is -0.940. The van der Waals surface area contributed by atoms with E-state index in [9.17, 15) is 0 Å². The normalized spacial score (nSPS) is 10.1. The summed E-state index contributed by atoms with van der Waals surface area (Å²) in [7, 11) is 0. The van der Waals surface area contributed by atoms with Crippen molar-refractivity contribution in [3.8, 4) is 0 Å². The van der Waals surface area contributed by atoms with Crippen LogP contribution < -0.4 is 11.1 Å². The van der Waals surface area contributed by atoms with Crippen LogP contribution in [0.25, 0.3) is 0 Å². The van der Waals surface area contributed by atoms with Crippen LogP contribution in [0.2, 0.25) is 5.02 Å². The standard InChI is InChI=1S/C12H10ClIN2/c13-8-1-6-12(11(15)7-8)16-10-4-2-9(14)3-5-10/h1-7,16H,15H2. The molecular weight excluding hydrogens is 335 g/mol. The molecule has 0 unspecified atom stereocenters. The molecule has 16 heavy (non-hydrogen) atoms. The Morgan fingerprint density at radius 1 is 1.06 bits per heavy atom. The van der Waals surface area contributed by atoms with E-state index in [1.165, 1.54) is 3.57 Å². The predicted molar refractivity (Wildman–Crippen MR) is 78.3 cm³/mol. The second-order valence-electron chi connectivity index (χ2n) is 3.36. The molecule has 0 aliphatic heterocycles. The van der Waals surface area contributed by atoms with Crippen LogP contribution >= 0.6 is 34.2 Å². The first-order valence-corrected chi connectivity index (χ1v) is 6.18. The van der Waals surface area contributed by atoms with Crippen molar-refractivity contribution in [2.75, 3.05) is 11.1 Å². The first-order chi connectivity index (χ1) is 7.65. The van der Waals surface area contributed by atoms with Gasteiger partial charge in [-0.3, -0.25) is 0 Å². The third kappa shape index (κ3) is 2.80. The SMILES string of the molecule is Nc1cc(Cl)ccc1Nc1ccc(I)cc1. The summed E-state index contributed by atoms with van der Waals surface area (Å²) in [5.41, 5.74) is 8.37. The zero-order valence-corrected chi connectivity index (χ0v) is 11.3. The fourth-order valence-electron chi connectivity index (χ4n) is 1.34. The van der Waals surface area contributed by atoms with Gasteiger partial charge in [0.2, 0.25) is 0 Å². The molecule has 0 aliphatic rings. The molecule has 0 aliphatic carbocycles. The molecule has 0 saturated heterocycles. The zero-order chi connectivity index (χ0) is 11.5. The minimum absolute atomic E-state index is 0.644. The fourth-order valence-corrected chi connectivity index (χ4v) is 1.88. The van der Waals surface area contributed by atoms with Gasteiger partial charge < -0.3 is 11.1 Å². The summed E-state index contributed by atoms with van der Waals surface area (Å²) < 4.78 is 1.20. The summed E-state index contributed by atoms with van der Waals surface area (Å²) in [5.74, 6) is 0. The van der Waals surface area contributed by atoms with E-state index in [-0.39, 0.29) is 0 Å². The Bertz CT molecular complexity index is 497. The van der Waals surface area contributed by atoms with Gasteiger partial charge in [-0.15, -0.1) is 0 Å². The van der Waals surface area contributed by atoms with Crippen molar-refractivity contribution in [3.63, 3.8) is 0 Å². The summed E-state index contributed by atoms with van der Waals surface area (Å²) in [6.07, 6.45) is 0. The van der Waals surface area contributed by atoms with E-state index in [2.05, 4.69) is 27.9 Å². The van der Waals surface area contributed by atoms with E-state index in [1.807, 2.05) is 36.4 Å². The minimum Gasteiger partial charge on any atom is -0.397 e. The highest BCUT2D eigenvalue weighted by molar-refractivity contribution is 14.1. The van der Waals surface area contributed by atoms with E-state index >= 15 is 0 Å². The average Bonchev–Trinajstić information content (AvgIpc) is 2.25. The third-order valence-corrected chi connectivity index (χ3v) is 3.09. The van der Waals surface area contributed by atoms with Crippen molar-refractivity contribution in [2.24, 2.45) is 0 Å². The Balaban J connectivity index is 2.23. The molecular formula is C12H10ClIN2. The van der Waals surface area contributed by atoms with E-state index < -0.39 is 0 Å². The molecule has 0 amide bonds. The zero-order valence-electron chi connectivity index (χ0n) is 8.37. The highest BCUT2D eigenvalue weighted by Gasteiger charge is 2.00. The van der Waals surface area contributed by atoms with Gasteiger partial charge in [-0.2, -0.15) is 0 Å². The number of halogens is 2. The summed E-state index contributed by atoms with van der Waals surface area (Å²) >= 11 is 8.10. The van der Waals surface area contributed by atoms with Gasteiger partial charge in [0, 0.05) is 14.3 Å². The molecule has 4 heteroatoms. The Morgan fingerprint density at radius 2 is 1.75 bits per heavy atom. The first kappa shape index (κ1) is 11.5. The van der Waals surface area contributed by atoms with Gasteiger partial charge in [-0.1, -0.05) is 11.6 Å². The van der Waals surface area contributed by atoms with E-state index in [4.69, 9.17) is 17.3 Å². The maximum atomic E-state index is 5.85. The average molecular weight is 345 g/mol. The van der Waals surface area contributed by atoms with Gasteiger partial charge >= 0.3 is 0 Å². The molecule has 0 saturated carbocycles. The second-order valence-corrected chi connectivity index (χ2v) is 5.05. The lowest BCUT2D eigenvalue weighted by Gasteiger charge is -2.09. The summed E-state index contributed by atoms with van der Waals surface area (Å²) in [6, 6.07) is 13.5. The van der Waals surface area contributed by atoms with Crippen LogP contribution in [0.4, 0.5) is 17.1 Å². The van der Waals surface area contributed by atoms with Crippen molar-refractivity contribution in [2.45, 2.75) is 0 Å². The number of hydrogen-bond donors (Lipinski definition) is 2. The van der Waals surface area contributed by atoms with Crippen LogP contribution in [-0.2, 0) is 0 Å². The Morgan fingerprint density at radius 3 is 2.38 bits per heavy atom. The highest BCUT2D eigenvalue weighted by atomic mass is 127. The van der Waals surface area contributed by atoms with Crippen LogP contribution in [0.15, 0.2) is 42.5 Å². The number of anilines is 3. The lowest BCUT2D eigenvalue weighted by Crippen LogP contribution is -1.95. The van der Waals surface area contributed by atoms with Gasteiger partial charge in [0.05, 0.1) is 11.4 Å². The molecule has 0 aromatic heterocycles. The smallest absolute Gasteiger partial charge is 0.0618 e. The minimum atomic E-state index is 0.644. The van der Waals surface area contributed by atoms with Crippen LogP contribution in [0.5, 0.6) is 0 Å². The van der Waals surface area contributed by atoms with E-state index in [1.54, 1.807) is 6.07 Å². The molecule has 2 aromatic rings. The number of nitrogens with two attached hydrogens (primary N) is 1. The van der Waals surface area contributed by atoms with Crippen molar-refractivity contribution in [3.05, 3.63) is 51.1 Å². The maximum absolute atomic E-state index is 5.85. The number of rotatable bonds is 2. The number of hydrogen-bond acceptors (Lipinski definition) is 2. The number of nitrogen functional groups attached to an aromatic ring is 1. The topological polar surface area (TPSA) is 38.0 Å². The molecule has 2 nitrogen and oxygen atoms in total. The van der Waals surface area contributed by atoms with Crippen LogP contribution in [0.1, 0.15) is 0 Å². The maximum Gasteiger partial charge on any atom is 0.0618 e. The van der Waals surface area contributed by atoms with Gasteiger partial charge in [-0.25, -0.2) is 0 Å². The molecule has 0 fully saturated rings. The van der Waals surface area contributed by atoms with Gasteiger partial charge in [-0.05, 0) is 65.1 Å². The van der Waals surface area contributed by atoms with E-state index in [0.29, 0.717) is 10.7 Å². The Kier molecular flexibility index (Phi) is 3.56. The number of benzene rings is 2. The molecule has 0 atom stereocenters. The largest absolute Gasteiger partial charge is 0.397 e. The molecule has 0 spiro atoms. The third-order valence-electron chi connectivity index (χ3n) is 2.14. The Labute approximate surface area is 113 Å². The van der Waals surface area contributed by atoms with Crippen molar-refractivity contribution in [1.29, 1.82) is 0 Å². The quantitative estimate of drug-likeness (QED) is 0.631. The van der Waals surface area contributed by atoms with Crippen molar-refractivity contribution in [1.82, 2.24) is 0 Å². The predicted octanol–water partition coefficient (Wildman–Crippen LogP) is 4.27. The lowest BCUT2D eigenvalue weighted by atomic mass is 10.2. The van der Waals surface area contributed by atoms with Crippen LogP contribution in [0, 0.1) is 3.57 Å². The monoisotopic (exact) mass is 344 g/mol. The molecule has 3 N–H and O–H groups in total. The van der Waals surface area contributed by atoms with Gasteiger partial charge in [0.1, 0.15) is 0 Å². The summed E-state index contributed by atoms with van der Waals surface area (Å²) in [6.45, 7) is 0. The summed E-state index contributed by atoms with van der Waals surface area (Å²) in [5, 5.41) is 3.88. The molecule has 0 bridgehead atoms. The molecule has 0 heterocycles. The molecule has 0 radical (unpaired) electrons. The van der Waals surface area contributed by atoms with Crippen LogP contribution in [0.3, 0.4) is 0 Å². The highest BCUT2D eigenvalue weighted by Crippen LogP contribution is 2.26. The molecule has 2 aromatic carbocycles. The number of nitrogens with one attached hydrogen (secondary N) is 1. The van der Waals surface area contributed by atoms with E-state index in [0.717, 1.165) is 11.4 Å². The fraction of sp³-hybridized carbons (Fsp3) is 0. The van der Waals surface area contributed by atoms with Crippen LogP contribution in [-0.4, -0.2) is 0 Å². The molecule has 82 valence electrons. The van der Waals surface area contributed by atoms with Gasteiger partial charge in [0.25, 0.3) is 0 Å². The second kappa shape index (κ2) is 4.93. The van der Waals surface area contributed by atoms with Gasteiger partial charge in [0.15, 0.2) is 0 Å². The summed E-state index contributed by atoms with van der Waals surface area (Å²) in [4.78, 5) is 0. The van der Waals surface area contributed by atoms with Crippen molar-refractivity contribution < 1.29 is 0 Å². The van der Waals surface area contributed by atoms with Crippen molar-refractivity contribution >= 4 is 51.3 Å². The first-order valence-electron chi connectivity index (χ1n) is 4.73. The lowest BCUT2D eigenvalue weighted by molar-refractivity contribution is 1.53. The molecule has 2 rings (SSSR count).